The Morgan fingerprint density at radius 2 is 1.96 bits per heavy atom. The summed E-state index contributed by atoms with van der Waals surface area (Å²) in [6.07, 6.45) is 3.39. The van der Waals surface area contributed by atoms with Gasteiger partial charge in [0.2, 0.25) is 0 Å². The maximum Gasteiger partial charge on any atom is 0.431 e. The molecule has 2 aliphatic carbocycles. The minimum atomic E-state index is -4.43. The average molecular weight is 352 g/mol. The highest BCUT2D eigenvalue weighted by atomic mass is 35.5. The summed E-state index contributed by atoms with van der Waals surface area (Å²) in [6, 6.07) is 4.01. The second kappa shape index (κ2) is 5.18. The van der Waals surface area contributed by atoms with E-state index in [1.54, 1.807) is 0 Å². The number of aromatic amines is 1. The molecule has 0 aliphatic heterocycles. The monoisotopic (exact) mass is 351 g/mol. The van der Waals surface area contributed by atoms with Gasteiger partial charge in [-0.3, -0.25) is 0 Å². The van der Waals surface area contributed by atoms with Crippen LogP contribution in [0.15, 0.2) is 53.8 Å². The van der Waals surface area contributed by atoms with E-state index in [1.165, 1.54) is 17.7 Å². The van der Waals surface area contributed by atoms with E-state index >= 15 is 0 Å². The molecule has 1 fully saturated rings. The van der Waals surface area contributed by atoms with E-state index in [-0.39, 0.29) is 5.02 Å². The summed E-state index contributed by atoms with van der Waals surface area (Å²) in [4.78, 5) is 2.33. The lowest BCUT2D eigenvalue weighted by molar-refractivity contribution is -0.140. The summed E-state index contributed by atoms with van der Waals surface area (Å²) in [5.74, 6) is 1.96. The molecule has 6 heteroatoms. The molecule has 2 aromatic rings. The van der Waals surface area contributed by atoms with Gasteiger partial charge in [-0.25, -0.2) is 0 Å². The molecule has 0 bridgehead atoms. The van der Waals surface area contributed by atoms with Crippen LogP contribution in [0.3, 0.4) is 0 Å². The van der Waals surface area contributed by atoms with Crippen molar-refractivity contribution < 1.29 is 17.9 Å². The second-order valence-electron chi connectivity index (χ2n) is 6.06. The highest BCUT2D eigenvalue weighted by Crippen LogP contribution is 2.47. The average Bonchev–Trinajstić information content (AvgIpc) is 3.00. The van der Waals surface area contributed by atoms with Crippen LogP contribution in [0.2, 0.25) is 5.02 Å². The van der Waals surface area contributed by atoms with Gasteiger partial charge in [-0.15, -0.1) is 0 Å². The molecule has 0 radical (unpaired) electrons. The van der Waals surface area contributed by atoms with Gasteiger partial charge in [-0.05, 0) is 36.3 Å². The van der Waals surface area contributed by atoms with Crippen molar-refractivity contribution in [3.05, 3.63) is 64.6 Å². The van der Waals surface area contributed by atoms with Crippen molar-refractivity contribution >= 4 is 22.5 Å². The first-order valence-corrected chi connectivity index (χ1v) is 7.88. The van der Waals surface area contributed by atoms with Crippen LogP contribution in [0.4, 0.5) is 13.2 Å². The number of H-pyrrole nitrogens is 1. The summed E-state index contributed by atoms with van der Waals surface area (Å²) in [5.41, 5.74) is 0.868. The highest BCUT2D eigenvalue weighted by molar-refractivity contribution is 6.32. The maximum atomic E-state index is 12.8. The summed E-state index contributed by atoms with van der Waals surface area (Å²) >= 11 is 6.15. The van der Waals surface area contributed by atoms with Crippen molar-refractivity contribution in [1.29, 1.82) is 0 Å². The zero-order valence-corrected chi connectivity index (χ0v) is 13.4. The molecule has 1 aromatic heterocycles. The highest BCUT2D eigenvalue weighted by Gasteiger charge is 2.38. The molecule has 1 aromatic carbocycles. The number of alkyl halides is 3. The molecule has 4 rings (SSSR count). The smallest absolute Gasteiger partial charge is 0.431 e. The summed E-state index contributed by atoms with van der Waals surface area (Å²) < 4.78 is 44.2. The van der Waals surface area contributed by atoms with Gasteiger partial charge >= 0.3 is 6.18 Å². The minimum Gasteiger partial charge on any atom is -0.456 e. The minimum absolute atomic E-state index is 0.253. The van der Waals surface area contributed by atoms with Gasteiger partial charge in [0.1, 0.15) is 17.2 Å². The van der Waals surface area contributed by atoms with Crippen LogP contribution in [-0.2, 0) is 6.18 Å². The summed E-state index contributed by atoms with van der Waals surface area (Å²) in [7, 11) is 0. The van der Waals surface area contributed by atoms with E-state index in [9.17, 15) is 13.2 Å². The number of halogens is 4. The van der Waals surface area contributed by atoms with Crippen LogP contribution in [0.25, 0.3) is 10.9 Å². The number of ether oxygens (including phenoxy) is 1. The van der Waals surface area contributed by atoms with E-state index in [2.05, 4.69) is 18.0 Å². The number of nitrogens with one attached hydrogen (secondary N) is 1. The first-order chi connectivity index (χ1) is 11.3. The Morgan fingerprint density at radius 3 is 2.71 bits per heavy atom. The van der Waals surface area contributed by atoms with E-state index in [0.29, 0.717) is 34.2 Å². The topological polar surface area (TPSA) is 25.0 Å². The van der Waals surface area contributed by atoms with Gasteiger partial charge in [0.25, 0.3) is 0 Å². The summed E-state index contributed by atoms with van der Waals surface area (Å²) in [6.45, 7) is 2.16. The van der Waals surface area contributed by atoms with Crippen molar-refractivity contribution in [3.8, 4) is 5.75 Å². The molecule has 0 saturated heterocycles. The molecule has 1 saturated carbocycles. The molecule has 24 heavy (non-hydrogen) atoms. The number of benzene rings is 1. The maximum absolute atomic E-state index is 12.8. The van der Waals surface area contributed by atoms with Gasteiger partial charge in [-0.1, -0.05) is 36.2 Å². The molecule has 1 heterocycles. The van der Waals surface area contributed by atoms with Gasteiger partial charge in [-0.2, -0.15) is 13.2 Å². The zero-order valence-electron chi connectivity index (χ0n) is 12.6. The zero-order chi connectivity index (χ0) is 17.1. The van der Waals surface area contributed by atoms with Crippen molar-refractivity contribution in [2.75, 3.05) is 0 Å². The van der Waals surface area contributed by atoms with E-state index in [4.69, 9.17) is 16.3 Å². The second-order valence-corrected chi connectivity index (χ2v) is 6.47. The van der Waals surface area contributed by atoms with Crippen molar-refractivity contribution in [2.24, 2.45) is 11.8 Å². The van der Waals surface area contributed by atoms with Gasteiger partial charge in [0, 0.05) is 16.8 Å². The fourth-order valence-electron chi connectivity index (χ4n) is 2.98. The fourth-order valence-corrected chi connectivity index (χ4v) is 3.18. The van der Waals surface area contributed by atoms with Crippen LogP contribution in [0, 0.1) is 11.8 Å². The predicted molar refractivity (Wildman–Crippen MR) is 86.9 cm³/mol. The van der Waals surface area contributed by atoms with Gasteiger partial charge < -0.3 is 9.72 Å². The van der Waals surface area contributed by atoms with Crippen LogP contribution in [0.5, 0.6) is 5.75 Å². The SMILES string of the molecule is C[C@H]1C2=CC=C(Oc3cc4cc(C(F)(F)F)[nH]c4cc3Cl)C=CC21. The Kier molecular flexibility index (Phi) is 3.32. The number of allylic oxidation sites excluding steroid dienone is 5. The standard InChI is InChI=1S/C18H13ClF3NO/c1-9-12-4-2-11(3-5-13(9)12)24-16-6-10-7-17(18(20,21)22)23-15(10)8-14(16)19/h2-9,12,23H,1H3/t9-,12?/m1/s1. The lowest BCUT2D eigenvalue weighted by atomic mass is 10.2. The quantitative estimate of drug-likeness (QED) is 0.719. The van der Waals surface area contributed by atoms with Crippen LogP contribution in [-0.4, -0.2) is 4.98 Å². The Balaban J connectivity index is 1.66. The van der Waals surface area contributed by atoms with Gasteiger partial charge in [0.15, 0.2) is 0 Å². The van der Waals surface area contributed by atoms with E-state index in [0.717, 1.165) is 6.07 Å². The Morgan fingerprint density at radius 1 is 1.17 bits per heavy atom. The van der Waals surface area contributed by atoms with Crippen LogP contribution >= 0.6 is 11.6 Å². The Labute approximate surface area is 141 Å². The molecular formula is C18H13ClF3NO. The molecule has 0 spiro atoms. The third kappa shape index (κ3) is 2.63. The van der Waals surface area contributed by atoms with Crippen LogP contribution < -0.4 is 4.74 Å². The predicted octanol–water partition coefficient (Wildman–Crippen LogP) is 5.86. The Bertz CT molecular complexity index is 920. The molecule has 2 atom stereocenters. The Hall–Kier alpha value is -2.14. The van der Waals surface area contributed by atoms with Crippen LogP contribution in [0.1, 0.15) is 12.6 Å². The lowest BCUT2D eigenvalue weighted by Crippen LogP contribution is -2.04. The molecule has 0 amide bonds. The van der Waals surface area contributed by atoms with Gasteiger partial charge in [0.05, 0.1) is 5.02 Å². The fraction of sp³-hybridized carbons (Fsp3) is 0.222. The normalized spacial score (nSPS) is 22.7. The molecule has 2 nitrogen and oxygen atoms in total. The number of hydrogen-bond acceptors (Lipinski definition) is 1. The van der Waals surface area contributed by atoms with Crippen molar-refractivity contribution in [1.82, 2.24) is 4.98 Å². The number of hydrogen-bond donors (Lipinski definition) is 1. The summed E-state index contributed by atoms with van der Waals surface area (Å²) in [5, 5.41) is 0.651. The number of rotatable bonds is 2. The number of fused-ring (bicyclic) bond motifs is 2. The molecular weight excluding hydrogens is 339 g/mol. The largest absolute Gasteiger partial charge is 0.456 e. The molecule has 2 aliphatic rings. The lowest BCUT2D eigenvalue weighted by Gasteiger charge is -2.08. The van der Waals surface area contributed by atoms with Crippen molar-refractivity contribution in [3.63, 3.8) is 0 Å². The third-order valence-electron chi connectivity index (χ3n) is 4.45. The first kappa shape index (κ1) is 15.4. The van der Waals surface area contributed by atoms with Crippen molar-refractivity contribution in [2.45, 2.75) is 13.1 Å². The molecule has 1 N–H and O–H groups in total. The van der Waals surface area contributed by atoms with E-state index in [1.807, 2.05) is 18.2 Å². The first-order valence-electron chi connectivity index (χ1n) is 7.50. The molecule has 1 unspecified atom stereocenters. The number of aromatic nitrogens is 1. The molecule has 124 valence electrons. The third-order valence-corrected chi connectivity index (χ3v) is 4.75. The van der Waals surface area contributed by atoms with E-state index < -0.39 is 11.9 Å².